The van der Waals surface area contributed by atoms with Crippen LogP contribution >= 0.6 is 33.7 Å². The Bertz CT molecular complexity index is 6910. The fourth-order valence-corrected chi connectivity index (χ4v) is 23.3. The molecular weight excluding hydrogens is 2020 g/mol. The Morgan fingerprint density at radius 3 is 1.13 bits per heavy atom. The number of hydrogen-bond donors (Lipinski definition) is 12. The summed E-state index contributed by atoms with van der Waals surface area (Å²) in [5.74, 6) is 0.130. The van der Waals surface area contributed by atoms with E-state index in [2.05, 4.69) is 74.8 Å². The molecule has 7 saturated heterocycles. The van der Waals surface area contributed by atoms with Gasteiger partial charge >= 0.3 is 17.1 Å². The second kappa shape index (κ2) is 40.8. The lowest BCUT2D eigenvalue weighted by atomic mass is 10.2. The SMILES string of the molecule is Cc1cn([C@H]2CC(OP([O-])(=S)OC[C@H]3O[C@@H](n4ccc(N)nc4=O)CC3O)[C@@H](COP(=O)([S-])OC3C[C@H](n4ccc(N)nc4=O)O[C@@H]3COP([O-])(=S)OC3C[C@H](n4cnc5c(N)ncnc54)O[C@@H]3CO)O2)c(=O)[nH]c1=O.Nc1nc2c(ncn2[C@H]2CC(OP([O-])(=S)OC[C@H]3O[C@@H](n4cnc5c(N)ncnc54)CC3OP([O-])(=S)OC[C@H]3O[C@@H](n4cnc5c(N)ncnc54)CC3O)[C@@H](CO)O2)c(=O)[nH]1. The van der Waals surface area contributed by atoms with Crippen LogP contribution in [-0.4, -0.2) is 259 Å². The molecule has 0 spiro atoms. The van der Waals surface area contributed by atoms with E-state index in [0.717, 1.165) is 13.7 Å². The Morgan fingerprint density at radius 2 is 0.737 bits per heavy atom. The first kappa shape index (κ1) is 100.0. The van der Waals surface area contributed by atoms with Gasteiger partial charge in [0.2, 0.25) is 5.95 Å². The number of ether oxygens (including phenoxy) is 7. The van der Waals surface area contributed by atoms with Crippen molar-refractivity contribution in [3.05, 3.63) is 133 Å². The van der Waals surface area contributed by atoms with Crippen molar-refractivity contribution in [1.29, 1.82) is 0 Å². The van der Waals surface area contributed by atoms with E-state index in [9.17, 15) is 68.5 Å². The number of aliphatic hydroxyl groups excluding tert-OH is 4. The zero-order valence-electron chi connectivity index (χ0n) is 70.4. The van der Waals surface area contributed by atoms with Gasteiger partial charge in [-0.25, -0.2) is 64.2 Å². The number of nitrogen functional groups attached to an aromatic ring is 6. The lowest BCUT2D eigenvalue weighted by Crippen LogP contribution is -2.33. The molecule has 59 nitrogen and oxygen atoms in total. The van der Waals surface area contributed by atoms with Gasteiger partial charge in [0.25, 0.3) is 11.1 Å². The van der Waals surface area contributed by atoms with Crippen LogP contribution in [0.3, 0.4) is 0 Å². The highest BCUT2D eigenvalue weighted by atomic mass is 32.7. The van der Waals surface area contributed by atoms with Crippen LogP contribution in [0, 0.1) is 6.92 Å². The maximum atomic E-state index is 14.1. The first-order valence-corrected chi connectivity index (χ1v) is 53.8. The molecule has 11 aromatic rings. The molecule has 12 unspecified atom stereocenters. The van der Waals surface area contributed by atoms with Crippen molar-refractivity contribution in [3.8, 4) is 0 Å². The normalized spacial score (nSPS) is 29.6. The molecule has 18 N–H and O–H groups in total. The smallest absolute Gasteiger partial charge is 0.351 e. The Morgan fingerprint density at radius 1 is 0.416 bits per heavy atom. The van der Waals surface area contributed by atoms with Gasteiger partial charge in [-0.05, 0) is 19.1 Å². The number of nitrogens with zero attached hydrogens (tertiary/aromatic N) is 20. The van der Waals surface area contributed by atoms with Crippen molar-refractivity contribution in [3.63, 3.8) is 0 Å². The molecule has 0 radical (unpaired) electrons. The number of H-pyrrole nitrogens is 2. The Hall–Kier alpha value is -8.58. The number of aliphatic hydroxyl groups is 4. The summed E-state index contributed by atoms with van der Waals surface area (Å²) in [6, 6.07) is 2.67. The summed E-state index contributed by atoms with van der Waals surface area (Å²) in [7, 11) is 0. The highest BCUT2D eigenvalue weighted by Gasteiger charge is 2.48. The Balaban J connectivity index is 0.000000194. The van der Waals surface area contributed by atoms with Gasteiger partial charge in [0, 0.05) is 69.1 Å². The van der Waals surface area contributed by atoms with E-state index in [1.807, 2.05) is 0 Å². The molecule has 7 aliphatic heterocycles. The third kappa shape index (κ3) is 22.5. The van der Waals surface area contributed by atoms with Crippen molar-refractivity contribution in [1.82, 2.24) is 107 Å². The number of hydrogen-bond acceptors (Lipinski definition) is 55. The van der Waals surface area contributed by atoms with Gasteiger partial charge in [-0.1, -0.05) is 47.2 Å². The fourth-order valence-electron chi connectivity index (χ4n) is 16.1. The molecule has 7 fully saturated rings. The zero-order valence-corrected chi connectivity index (χ0v) is 79.0. The second-order valence-electron chi connectivity index (χ2n) is 31.6. The topological polar surface area (TPSA) is 822 Å². The van der Waals surface area contributed by atoms with Crippen LogP contribution in [0.2, 0.25) is 0 Å². The van der Waals surface area contributed by atoms with Crippen molar-refractivity contribution >= 4 is 173 Å². The van der Waals surface area contributed by atoms with Gasteiger partial charge in [0.1, 0.15) is 160 Å². The Kier molecular flexibility index (Phi) is 29.8. The summed E-state index contributed by atoms with van der Waals surface area (Å²) >= 11 is 26.4. The molecule has 11 aromatic heterocycles. The van der Waals surface area contributed by atoms with E-state index in [0.29, 0.717) is 33.5 Å². The van der Waals surface area contributed by atoms with Crippen LogP contribution in [0.1, 0.15) is 94.1 Å². The van der Waals surface area contributed by atoms with Crippen LogP contribution in [0.25, 0.3) is 44.7 Å². The molecule has 18 rings (SSSR count). The largest absolute Gasteiger partial charge is 0.780 e. The third-order valence-electron chi connectivity index (χ3n) is 22.6. The predicted octanol–water partition coefficient (Wildman–Crippen LogP) is -4.79. The lowest BCUT2D eigenvalue weighted by molar-refractivity contribution is -0.220. The number of rotatable bonds is 34. The average molecular weight is 2100 g/mol. The summed E-state index contributed by atoms with van der Waals surface area (Å²) in [4.78, 5) is 175. The molecule has 0 aromatic carbocycles. The number of aryl methyl sites for hydroxylation is 1. The quantitative estimate of drug-likeness (QED) is 0.0133. The molecule has 69 heteroatoms. The molecule has 0 aliphatic carbocycles. The highest BCUT2D eigenvalue weighted by Crippen LogP contribution is 2.55. The standard InChI is InChI=1S/C38H50N13O19P3S3.C30H37N15O12P2S2/c1-17-10-50(38(57)47-35(17)54)30-9-21(70-71(58,74)61-12-23-18(53)6-28(65-23)48-4-2-26(39)45-36(48)55)25(67-30)14-63-73(60,76)69-20-8-29(49-5-3-27(40)46-37(49)56)66-24(20)13-62-72(59,75)68-19-7-31(64-22(19)11-52)51-16-44-32-33(41)42-15-43-34(32)51;31-24-21-26(36-7-34-24)43(9-38-21)18-1-12(47)16(54-18)5-51-58(49,60)57-14-3-19(44-10-39-22-25(32)35-8-37-27(22)44)55-17(14)6-52-59(50,61)56-13-2-20(53-15(13)4-46)45-11-40-23-28(45)41-30(33)42-29(23)48/h2-5,10,15-16,18-25,28-31,52-53H,6-9,11-14H2,1H3,(H,58,74)(H,59,75)(H,60,76)(H2,39,45,55)(H2,40,46,56)(H2,41,42,43)(H,47,54,57);7-20,46-47H,1-6H2,(H,49,60)(H,50,61)(H2,31,34,36)(H2,32,35,37)(H3,33,41,42,48)/p-5/t18?,19?,20?,21?,22-,23-,24-,25-,28-,29-,30-,31-,71?,72?,73?;12?,13?,14?,15-,16-,17-,18-,19-,20-,58?,59?/m11/s1. The molecule has 18 heterocycles. The van der Waals surface area contributed by atoms with E-state index in [1.165, 1.54) is 91.1 Å². The Labute approximate surface area is 792 Å². The number of nitrogens with two attached hydrogens (primary N) is 6. The summed E-state index contributed by atoms with van der Waals surface area (Å²) in [6.07, 6.45) is -10.5. The number of imidazole rings is 4. The number of aromatic amines is 2. The van der Waals surface area contributed by atoms with Crippen LogP contribution in [0.4, 0.5) is 35.0 Å². The van der Waals surface area contributed by atoms with Crippen LogP contribution < -0.4 is 82.2 Å². The van der Waals surface area contributed by atoms with E-state index in [4.69, 9.17) is 172 Å². The summed E-state index contributed by atoms with van der Waals surface area (Å²) < 4.78 is 122. The van der Waals surface area contributed by atoms with Gasteiger partial charge in [0.15, 0.2) is 52.4 Å². The van der Waals surface area contributed by atoms with E-state index < -0.39 is 237 Å². The van der Waals surface area contributed by atoms with Gasteiger partial charge in [-0.3, -0.25) is 56.1 Å². The number of aromatic nitrogens is 22. The second-order valence-corrected chi connectivity index (χ2v) is 45.1. The summed E-state index contributed by atoms with van der Waals surface area (Å²) in [6.45, 7) is -25.2. The van der Waals surface area contributed by atoms with Crippen molar-refractivity contribution in [2.45, 2.75) is 181 Å². The van der Waals surface area contributed by atoms with E-state index >= 15 is 0 Å². The molecular formula is C68H82N28O31P5S5-5. The van der Waals surface area contributed by atoms with Gasteiger partial charge in [-0.2, -0.15) is 15.0 Å². The first-order valence-electron chi connectivity index (χ1n) is 41.0. The maximum absolute atomic E-state index is 14.1. The third-order valence-corrected chi connectivity index (χ3v) is 30.5. The van der Waals surface area contributed by atoms with Crippen molar-refractivity contribution in [2.75, 3.05) is 80.7 Å². The molecule has 26 atom stereocenters. The molecule has 137 heavy (non-hydrogen) atoms. The lowest BCUT2D eigenvalue weighted by Gasteiger charge is -2.35. The van der Waals surface area contributed by atoms with Gasteiger partial charge in [0.05, 0.1) is 114 Å². The minimum atomic E-state index is -4.72. The number of nitrogens with one attached hydrogen (secondary N) is 2. The molecule has 0 bridgehead atoms. The molecule has 0 amide bonds. The molecule has 7 aliphatic rings. The molecule has 740 valence electrons. The highest BCUT2D eigenvalue weighted by molar-refractivity contribution is 8.32. The summed E-state index contributed by atoms with van der Waals surface area (Å²) in [5.41, 5.74) is 33.3. The minimum absolute atomic E-state index is 0.00000230. The minimum Gasteiger partial charge on any atom is -0.780 e. The van der Waals surface area contributed by atoms with Gasteiger partial charge < -0.3 is 165 Å². The predicted molar refractivity (Wildman–Crippen MR) is 476 cm³/mol. The molecule has 0 saturated carbocycles. The van der Waals surface area contributed by atoms with Gasteiger partial charge in [-0.15, -0.1) is 0 Å². The maximum Gasteiger partial charge on any atom is 0.351 e. The van der Waals surface area contributed by atoms with Crippen LogP contribution in [-0.2, 0) is 142 Å². The summed E-state index contributed by atoms with van der Waals surface area (Å²) in [5, 5.41) is 41.8. The van der Waals surface area contributed by atoms with E-state index in [-0.39, 0.29) is 96.7 Å². The van der Waals surface area contributed by atoms with Crippen molar-refractivity contribution < 1.29 is 123 Å². The van der Waals surface area contributed by atoms with E-state index in [1.54, 1.807) is 9.13 Å². The number of anilines is 6. The number of fused-ring (bicyclic) bond motifs is 4. The van der Waals surface area contributed by atoms with Crippen LogP contribution in [0.5, 0.6) is 0 Å². The average Bonchev–Trinajstić information content (AvgIpc) is 1.70. The first-order chi connectivity index (χ1) is 65.1. The van der Waals surface area contributed by atoms with Crippen LogP contribution in [0.15, 0.2) is 99.0 Å². The zero-order chi connectivity index (χ0) is 97.2. The van der Waals surface area contributed by atoms with Crippen molar-refractivity contribution in [2.24, 2.45) is 0 Å². The monoisotopic (exact) mass is 2100 g/mol. The fraction of sp³-hybridized carbons (Fsp3) is 0.529.